The van der Waals surface area contributed by atoms with Gasteiger partial charge in [-0.05, 0) is 36.4 Å². The standard InChI is InChI=1S/C19H18P.CHF3/c1-20(17-11-5-2-6-12-17,18-13-7-3-8-14-18)19-15-9-4-10-16-19;2-1(3)4/h2-16H,1H3;1H/q+1;. The normalized spacial score (nSPS) is 10.9. The van der Waals surface area contributed by atoms with E-state index in [2.05, 4.69) is 97.7 Å². The SMILES string of the molecule is C[P+](c1ccccc1)(c1ccccc1)c1ccccc1.FC(F)F. The van der Waals surface area contributed by atoms with E-state index in [1.807, 2.05) is 0 Å². The third kappa shape index (κ3) is 4.46. The zero-order chi connectivity index (χ0) is 17.4. The molecule has 0 aromatic heterocycles. The summed E-state index contributed by atoms with van der Waals surface area (Å²) in [5.41, 5.74) is 0. The second kappa shape index (κ2) is 8.65. The smallest absolute Gasteiger partial charge is 0.174 e. The third-order valence-electron chi connectivity index (χ3n) is 3.82. The van der Waals surface area contributed by atoms with Crippen molar-refractivity contribution in [1.29, 1.82) is 0 Å². The van der Waals surface area contributed by atoms with Crippen molar-refractivity contribution in [2.75, 3.05) is 6.66 Å². The third-order valence-corrected chi connectivity index (χ3v) is 7.81. The van der Waals surface area contributed by atoms with Crippen LogP contribution in [0.15, 0.2) is 91.0 Å². The summed E-state index contributed by atoms with van der Waals surface area (Å²) in [5, 5.41) is 4.28. The summed E-state index contributed by atoms with van der Waals surface area (Å²) in [6.07, 6.45) is 0. The maximum Gasteiger partial charge on any atom is 0.379 e. The minimum atomic E-state index is -3.67. The van der Waals surface area contributed by atoms with Crippen molar-refractivity contribution in [2.45, 2.75) is 6.68 Å². The largest absolute Gasteiger partial charge is 0.379 e. The van der Waals surface area contributed by atoms with Gasteiger partial charge in [-0.2, -0.15) is 13.2 Å². The molecule has 0 aliphatic carbocycles. The van der Waals surface area contributed by atoms with E-state index in [-0.39, 0.29) is 0 Å². The molecule has 0 unspecified atom stereocenters. The summed E-state index contributed by atoms with van der Waals surface area (Å²) in [5.74, 6) is 0. The van der Waals surface area contributed by atoms with Crippen molar-refractivity contribution >= 4 is 23.2 Å². The van der Waals surface area contributed by atoms with Gasteiger partial charge in [-0.1, -0.05) is 54.6 Å². The van der Waals surface area contributed by atoms with Gasteiger partial charge in [0.15, 0.2) is 0 Å². The Morgan fingerprint density at radius 1 is 0.542 bits per heavy atom. The molecule has 0 amide bonds. The first-order valence-corrected chi connectivity index (χ1v) is 9.74. The van der Waals surface area contributed by atoms with Gasteiger partial charge in [-0.3, -0.25) is 0 Å². The molecular weight excluding hydrogens is 328 g/mol. The van der Waals surface area contributed by atoms with Crippen molar-refractivity contribution in [2.24, 2.45) is 0 Å². The van der Waals surface area contributed by atoms with E-state index in [1.165, 1.54) is 15.9 Å². The Morgan fingerprint density at radius 2 is 0.750 bits per heavy atom. The molecule has 124 valence electrons. The Balaban J connectivity index is 0.000000471. The molecule has 4 heteroatoms. The first-order chi connectivity index (χ1) is 11.5. The molecule has 3 aromatic rings. The number of benzene rings is 3. The maximum absolute atomic E-state index is 9.67. The quantitative estimate of drug-likeness (QED) is 0.598. The van der Waals surface area contributed by atoms with E-state index in [0.717, 1.165) is 0 Å². The number of hydrogen-bond donors (Lipinski definition) is 0. The van der Waals surface area contributed by atoms with Crippen LogP contribution in [-0.4, -0.2) is 13.3 Å². The number of alkyl halides is 3. The highest BCUT2D eigenvalue weighted by Crippen LogP contribution is 2.51. The van der Waals surface area contributed by atoms with Crippen LogP contribution in [0.3, 0.4) is 0 Å². The summed E-state index contributed by atoms with van der Waals surface area (Å²) in [6, 6.07) is 32.6. The highest BCUT2D eigenvalue weighted by atomic mass is 31.2. The van der Waals surface area contributed by atoms with Crippen LogP contribution in [0.4, 0.5) is 13.2 Å². The second-order valence-corrected chi connectivity index (χ2v) is 8.82. The van der Waals surface area contributed by atoms with Crippen molar-refractivity contribution in [3.63, 3.8) is 0 Å². The molecule has 24 heavy (non-hydrogen) atoms. The zero-order valence-electron chi connectivity index (χ0n) is 13.3. The minimum Gasteiger partial charge on any atom is -0.174 e. The van der Waals surface area contributed by atoms with Gasteiger partial charge in [0, 0.05) is 0 Å². The van der Waals surface area contributed by atoms with Gasteiger partial charge in [0.1, 0.15) is 23.2 Å². The van der Waals surface area contributed by atoms with Crippen molar-refractivity contribution in [1.82, 2.24) is 0 Å². The summed E-state index contributed by atoms with van der Waals surface area (Å²) >= 11 is 0. The predicted octanol–water partition coefficient (Wildman–Crippen LogP) is 4.79. The molecule has 3 aromatic carbocycles. The summed E-state index contributed by atoms with van der Waals surface area (Å²) in [6.45, 7) is -1.26. The van der Waals surface area contributed by atoms with Crippen LogP contribution in [0.2, 0.25) is 0 Å². The Hall–Kier alpha value is -2.12. The van der Waals surface area contributed by atoms with Gasteiger partial charge >= 0.3 is 6.68 Å². The monoisotopic (exact) mass is 347 g/mol. The molecular formula is C20H19F3P+. The van der Waals surface area contributed by atoms with Gasteiger partial charge in [0.05, 0.1) is 6.66 Å². The fourth-order valence-corrected chi connectivity index (χ4v) is 5.83. The Labute approximate surface area is 141 Å². The Kier molecular flexibility index (Phi) is 6.57. The molecule has 0 saturated heterocycles. The summed E-state index contributed by atoms with van der Waals surface area (Å²) in [4.78, 5) is 0. The van der Waals surface area contributed by atoms with Gasteiger partial charge < -0.3 is 0 Å². The molecule has 0 atom stereocenters. The van der Waals surface area contributed by atoms with E-state index in [9.17, 15) is 13.2 Å². The predicted molar refractivity (Wildman–Crippen MR) is 98.2 cm³/mol. The molecule has 0 spiro atoms. The maximum atomic E-state index is 9.67. The highest BCUT2D eigenvalue weighted by molar-refractivity contribution is 7.95. The van der Waals surface area contributed by atoms with E-state index in [1.54, 1.807) is 0 Å². The van der Waals surface area contributed by atoms with Crippen LogP contribution in [0.1, 0.15) is 0 Å². The average molecular weight is 347 g/mol. The topological polar surface area (TPSA) is 0 Å². The lowest BCUT2D eigenvalue weighted by molar-refractivity contribution is 0.00819. The van der Waals surface area contributed by atoms with Crippen LogP contribution in [0.5, 0.6) is 0 Å². The van der Waals surface area contributed by atoms with Crippen LogP contribution in [0.25, 0.3) is 0 Å². The van der Waals surface area contributed by atoms with Crippen LogP contribution in [-0.2, 0) is 0 Å². The fourth-order valence-electron chi connectivity index (χ4n) is 2.63. The molecule has 0 aliphatic rings. The fraction of sp³-hybridized carbons (Fsp3) is 0.100. The first kappa shape index (κ1) is 18.2. The number of hydrogen-bond acceptors (Lipinski definition) is 0. The molecule has 0 radical (unpaired) electrons. The highest BCUT2D eigenvalue weighted by Gasteiger charge is 2.39. The molecule has 0 saturated carbocycles. The van der Waals surface area contributed by atoms with Crippen molar-refractivity contribution < 1.29 is 13.2 Å². The van der Waals surface area contributed by atoms with E-state index in [0.29, 0.717) is 0 Å². The van der Waals surface area contributed by atoms with Gasteiger partial charge in [0.25, 0.3) is 0 Å². The first-order valence-electron chi connectivity index (χ1n) is 7.50. The van der Waals surface area contributed by atoms with Gasteiger partial charge in [-0.25, -0.2) is 0 Å². The molecule has 0 fully saturated rings. The minimum absolute atomic E-state index is 1.43. The second-order valence-electron chi connectivity index (χ2n) is 5.26. The summed E-state index contributed by atoms with van der Waals surface area (Å²) in [7, 11) is -1.53. The van der Waals surface area contributed by atoms with Crippen LogP contribution in [0, 0.1) is 0 Å². The number of rotatable bonds is 3. The van der Waals surface area contributed by atoms with Crippen LogP contribution < -0.4 is 15.9 Å². The molecule has 0 nitrogen and oxygen atoms in total. The Bertz CT molecular complexity index is 616. The lowest BCUT2D eigenvalue weighted by Gasteiger charge is -2.22. The summed E-state index contributed by atoms with van der Waals surface area (Å²) < 4.78 is 29.0. The van der Waals surface area contributed by atoms with Crippen molar-refractivity contribution in [3.8, 4) is 0 Å². The average Bonchev–Trinajstić information content (AvgIpc) is 2.63. The lowest BCUT2D eigenvalue weighted by Crippen LogP contribution is -2.30. The van der Waals surface area contributed by atoms with E-state index in [4.69, 9.17) is 0 Å². The number of halogens is 3. The van der Waals surface area contributed by atoms with Crippen LogP contribution >= 0.6 is 7.26 Å². The molecule has 0 bridgehead atoms. The van der Waals surface area contributed by atoms with Gasteiger partial charge in [-0.15, -0.1) is 0 Å². The lowest BCUT2D eigenvalue weighted by atomic mass is 10.4. The molecule has 0 heterocycles. The molecule has 0 aliphatic heterocycles. The molecule has 3 rings (SSSR count). The van der Waals surface area contributed by atoms with Crippen molar-refractivity contribution in [3.05, 3.63) is 91.0 Å². The van der Waals surface area contributed by atoms with E-state index < -0.39 is 13.9 Å². The Morgan fingerprint density at radius 3 is 0.958 bits per heavy atom. The zero-order valence-corrected chi connectivity index (χ0v) is 14.2. The molecule has 0 N–H and O–H groups in total. The van der Waals surface area contributed by atoms with Gasteiger partial charge in [0.2, 0.25) is 0 Å². The van der Waals surface area contributed by atoms with E-state index >= 15 is 0 Å².